The molecular weight excluding hydrogens is 144 g/mol. The summed E-state index contributed by atoms with van der Waals surface area (Å²) in [6.07, 6.45) is 2.25. The fourth-order valence-electron chi connectivity index (χ4n) is 1.25. The van der Waals surface area contributed by atoms with Crippen LogP contribution in [0.3, 0.4) is 0 Å². The van der Waals surface area contributed by atoms with E-state index in [2.05, 4.69) is 6.92 Å². The van der Waals surface area contributed by atoms with E-state index >= 15 is 0 Å². The molecule has 0 unspecified atom stereocenters. The van der Waals surface area contributed by atoms with Crippen molar-refractivity contribution in [3.05, 3.63) is 0 Å². The maximum atomic E-state index is 10.6. The monoisotopic (exact) mass is 158 g/mol. The number of hydrogen-bond donors (Lipinski definition) is 1. The summed E-state index contributed by atoms with van der Waals surface area (Å²) in [5, 5.41) is 9.24. The summed E-state index contributed by atoms with van der Waals surface area (Å²) in [7, 11) is 0. The van der Waals surface area contributed by atoms with Crippen molar-refractivity contribution in [3.8, 4) is 0 Å². The Morgan fingerprint density at radius 1 is 1.73 bits per heavy atom. The number of aliphatic hydroxyl groups excluding tert-OH is 1. The average Bonchev–Trinajstić information content (AvgIpc) is 2.26. The second-order valence-corrected chi connectivity index (χ2v) is 2.94. The van der Waals surface area contributed by atoms with E-state index in [0.29, 0.717) is 0 Å². The number of unbranched alkanes of at least 4 members (excludes halogenated alkanes) is 1. The van der Waals surface area contributed by atoms with Crippen molar-refractivity contribution < 1.29 is 14.6 Å². The third kappa shape index (κ3) is 2.19. The normalized spacial score (nSPS) is 30.5. The van der Waals surface area contributed by atoms with Crippen LogP contribution in [0.25, 0.3) is 0 Å². The molecule has 1 aliphatic heterocycles. The molecule has 0 aromatic heterocycles. The largest absolute Gasteiger partial charge is 0.460 e. The zero-order chi connectivity index (χ0) is 8.27. The summed E-state index contributed by atoms with van der Waals surface area (Å²) >= 11 is 0. The van der Waals surface area contributed by atoms with Gasteiger partial charge in [0.1, 0.15) is 12.2 Å². The third-order valence-corrected chi connectivity index (χ3v) is 1.93. The summed E-state index contributed by atoms with van der Waals surface area (Å²) in [6.45, 7) is 2.07. The standard InChI is InChI=1S/C8H14O3/c1-2-3-4-7-6(9)5-8(10)11-7/h6-7,9H,2-5H2,1H3/t6-,7-/m0/s1. The molecular formula is C8H14O3. The molecule has 1 aliphatic rings. The minimum Gasteiger partial charge on any atom is -0.460 e. The van der Waals surface area contributed by atoms with Crippen LogP contribution in [0, 0.1) is 0 Å². The lowest BCUT2D eigenvalue weighted by atomic mass is 10.1. The lowest BCUT2D eigenvalue weighted by molar-refractivity contribution is -0.142. The van der Waals surface area contributed by atoms with Gasteiger partial charge < -0.3 is 9.84 Å². The van der Waals surface area contributed by atoms with Gasteiger partial charge >= 0.3 is 5.97 Å². The molecule has 3 heteroatoms. The number of ether oxygens (including phenoxy) is 1. The molecule has 0 spiro atoms. The fourth-order valence-corrected chi connectivity index (χ4v) is 1.25. The molecule has 64 valence electrons. The van der Waals surface area contributed by atoms with Crippen LogP contribution in [-0.4, -0.2) is 23.3 Å². The van der Waals surface area contributed by atoms with E-state index in [4.69, 9.17) is 4.74 Å². The zero-order valence-electron chi connectivity index (χ0n) is 6.75. The van der Waals surface area contributed by atoms with Crippen LogP contribution < -0.4 is 0 Å². The van der Waals surface area contributed by atoms with Gasteiger partial charge in [0.05, 0.1) is 6.42 Å². The SMILES string of the molecule is CCCC[C@@H]1OC(=O)C[C@@H]1O. The van der Waals surface area contributed by atoms with Crippen LogP contribution in [0.15, 0.2) is 0 Å². The highest BCUT2D eigenvalue weighted by molar-refractivity contribution is 5.72. The van der Waals surface area contributed by atoms with Crippen LogP contribution in [0.4, 0.5) is 0 Å². The van der Waals surface area contributed by atoms with Crippen molar-refractivity contribution in [3.63, 3.8) is 0 Å². The van der Waals surface area contributed by atoms with E-state index in [-0.39, 0.29) is 18.5 Å². The molecule has 1 rings (SSSR count). The summed E-state index contributed by atoms with van der Waals surface area (Å²) in [5.41, 5.74) is 0. The van der Waals surface area contributed by atoms with Gasteiger partial charge in [-0.05, 0) is 12.8 Å². The van der Waals surface area contributed by atoms with Crippen molar-refractivity contribution in [2.75, 3.05) is 0 Å². The van der Waals surface area contributed by atoms with Gasteiger partial charge in [0.25, 0.3) is 0 Å². The smallest absolute Gasteiger partial charge is 0.308 e. The summed E-state index contributed by atoms with van der Waals surface area (Å²) in [6, 6.07) is 0. The highest BCUT2D eigenvalue weighted by Gasteiger charge is 2.32. The first kappa shape index (κ1) is 8.53. The van der Waals surface area contributed by atoms with E-state index < -0.39 is 6.10 Å². The van der Waals surface area contributed by atoms with E-state index in [1.54, 1.807) is 0 Å². The van der Waals surface area contributed by atoms with Gasteiger partial charge in [-0.2, -0.15) is 0 Å². The molecule has 0 bridgehead atoms. The number of esters is 1. The van der Waals surface area contributed by atoms with E-state index in [0.717, 1.165) is 19.3 Å². The molecule has 0 aromatic rings. The number of carbonyl (C=O) groups excluding carboxylic acids is 1. The van der Waals surface area contributed by atoms with Crippen LogP contribution in [0.1, 0.15) is 32.6 Å². The Hall–Kier alpha value is -0.570. The first-order valence-corrected chi connectivity index (χ1v) is 4.11. The van der Waals surface area contributed by atoms with Gasteiger partial charge in [0.15, 0.2) is 0 Å². The van der Waals surface area contributed by atoms with Gasteiger partial charge in [-0.15, -0.1) is 0 Å². The van der Waals surface area contributed by atoms with Crippen LogP contribution >= 0.6 is 0 Å². The van der Waals surface area contributed by atoms with Crippen molar-refractivity contribution >= 4 is 5.97 Å². The second kappa shape index (κ2) is 3.72. The molecule has 0 amide bonds. The van der Waals surface area contributed by atoms with E-state index in [1.165, 1.54) is 0 Å². The highest BCUT2D eigenvalue weighted by atomic mass is 16.6. The number of hydrogen-bond acceptors (Lipinski definition) is 3. The zero-order valence-corrected chi connectivity index (χ0v) is 6.75. The molecule has 1 N–H and O–H groups in total. The molecule has 2 atom stereocenters. The van der Waals surface area contributed by atoms with Crippen molar-refractivity contribution in [2.24, 2.45) is 0 Å². The Morgan fingerprint density at radius 3 is 2.91 bits per heavy atom. The average molecular weight is 158 g/mol. The molecule has 0 aliphatic carbocycles. The van der Waals surface area contributed by atoms with Crippen LogP contribution in [0.2, 0.25) is 0 Å². The molecule has 0 aromatic carbocycles. The van der Waals surface area contributed by atoms with Crippen molar-refractivity contribution in [2.45, 2.75) is 44.8 Å². The van der Waals surface area contributed by atoms with Crippen molar-refractivity contribution in [1.29, 1.82) is 0 Å². The predicted octanol–water partition coefficient (Wildman–Crippen LogP) is 0.853. The van der Waals surface area contributed by atoms with Gasteiger partial charge in [0.2, 0.25) is 0 Å². The Labute approximate surface area is 66.4 Å². The minimum absolute atomic E-state index is 0.175. The first-order chi connectivity index (χ1) is 5.24. The summed E-state index contributed by atoms with van der Waals surface area (Å²) in [4.78, 5) is 10.6. The topological polar surface area (TPSA) is 46.5 Å². The third-order valence-electron chi connectivity index (χ3n) is 1.93. The van der Waals surface area contributed by atoms with Crippen LogP contribution in [-0.2, 0) is 9.53 Å². The molecule has 11 heavy (non-hydrogen) atoms. The Balaban J connectivity index is 2.28. The van der Waals surface area contributed by atoms with Gasteiger partial charge in [-0.1, -0.05) is 13.3 Å². The maximum Gasteiger partial charge on any atom is 0.308 e. The molecule has 1 saturated heterocycles. The second-order valence-electron chi connectivity index (χ2n) is 2.94. The Kier molecular flexibility index (Phi) is 2.88. The Morgan fingerprint density at radius 2 is 2.45 bits per heavy atom. The predicted molar refractivity (Wildman–Crippen MR) is 40.0 cm³/mol. The quantitative estimate of drug-likeness (QED) is 0.619. The first-order valence-electron chi connectivity index (χ1n) is 4.11. The number of cyclic esters (lactones) is 1. The minimum atomic E-state index is -0.561. The van der Waals surface area contributed by atoms with Crippen molar-refractivity contribution in [1.82, 2.24) is 0 Å². The van der Waals surface area contributed by atoms with E-state index in [9.17, 15) is 9.90 Å². The summed E-state index contributed by atoms with van der Waals surface area (Å²) in [5.74, 6) is -0.265. The maximum absolute atomic E-state index is 10.6. The molecule has 1 fully saturated rings. The molecule has 1 heterocycles. The molecule has 3 nitrogen and oxygen atoms in total. The number of aliphatic hydroxyl groups is 1. The number of carbonyl (C=O) groups is 1. The van der Waals surface area contributed by atoms with Crippen LogP contribution in [0.5, 0.6) is 0 Å². The van der Waals surface area contributed by atoms with Gasteiger partial charge in [-0.25, -0.2) is 0 Å². The van der Waals surface area contributed by atoms with E-state index in [1.807, 2.05) is 0 Å². The number of rotatable bonds is 3. The molecule has 0 radical (unpaired) electrons. The lowest BCUT2D eigenvalue weighted by Crippen LogP contribution is -2.20. The van der Waals surface area contributed by atoms with Gasteiger partial charge in [0, 0.05) is 0 Å². The Bertz CT molecular complexity index is 144. The fraction of sp³-hybridized carbons (Fsp3) is 0.875. The highest BCUT2D eigenvalue weighted by Crippen LogP contribution is 2.19. The van der Waals surface area contributed by atoms with Gasteiger partial charge in [-0.3, -0.25) is 4.79 Å². The summed E-state index contributed by atoms with van der Waals surface area (Å²) < 4.78 is 4.89. The molecule has 0 saturated carbocycles. The lowest BCUT2D eigenvalue weighted by Gasteiger charge is -2.11.